The van der Waals surface area contributed by atoms with Crippen LogP contribution >= 0.6 is 46.4 Å². The highest BCUT2D eigenvalue weighted by atomic mass is 35.5. The third-order valence-corrected chi connectivity index (χ3v) is 3.56. The van der Waals surface area contributed by atoms with Gasteiger partial charge in [-0.25, -0.2) is 0 Å². The Morgan fingerprint density at radius 1 is 0.833 bits per heavy atom. The number of hydrogen-bond acceptors (Lipinski definition) is 1. The molecule has 0 amide bonds. The molecule has 0 atom stereocenters. The fraction of sp³-hybridized carbons (Fsp3) is 0. The monoisotopic (exact) mass is 318 g/mol. The van der Waals surface area contributed by atoms with Crippen molar-refractivity contribution < 1.29 is 4.79 Å². The van der Waals surface area contributed by atoms with Gasteiger partial charge in [-0.1, -0.05) is 52.5 Å². The molecule has 1 nitrogen and oxygen atoms in total. The van der Waals surface area contributed by atoms with E-state index in [2.05, 4.69) is 0 Å². The Morgan fingerprint density at radius 3 is 1.94 bits per heavy atom. The van der Waals surface area contributed by atoms with Crippen molar-refractivity contribution in [2.45, 2.75) is 0 Å². The molecule has 0 saturated carbocycles. The summed E-state index contributed by atoms with van der Waals surface area (Å²) in [5.41, 5.74) is 1.79. The van der Waals surface area contributed by atoms with Crippen molar-refractivity contribution in [2.75, 3.05) is 0 Å². The quantitative estimate of drug-likeness (QED) is 0.641. The number of rotatable bonds is 2. The molecule has 0 aliphatic carbocycles. The van der Waals surface area contributed by atoms with Crippen LogP contribution < -0.4 is 0 Å². The first-order valence-corrected chi connectivity index (χ1v) is 6.43. The van der Waals surface area contributed by atoms with Gasteiger partial charge in [0, 0.05) is 16.1 Å². The number of halogens is 4. The number of carbonyl (C=O) groups excluding carboxylic acids is 1. The van der Waals surface area contributed by atoms with Gasteiger partial charge in [0.2, 0.25) is 0 Å². The first-order chi connectivity index (χ1) is 8.52. The maximum absolute atomic E-state index is 10.7. The molecule has 0 aliphatic heterocycles. The van der Waals surface area contributed by atoms with Crippen molar-refractivity contribution in [2.24, 2.45) is 0 Å². The molecule has 0 aromatic heterocycles. The average Bonchev–Trinajstić information content (AvgIpc) is 2.27. The highest BCUT2D eigenvalue weighted by molar-refractivity contribution is 6.42. The van der Waals surface area contributed by atoms with Crippen molar-refractivity contribution in [3.8, 4) is 11.1 Å². The van der Waals surface area contributed by atoms with E-state index in [0.717, 1.165) is 5.56 Å². The molecular formula is C13H6Cl4O. The molecule has 2 rings (SSSR count). The fourth-order valence-electron chi connectivity index (χ4n) is 1.60. The van der Waals surface area contributed by atoms with Crippen LogP contribution in [-0.2, 0) is 0 Å². The molecule has 0 radical (unpaired) electrons. The molecule has 5 heteroatoms. The van der Waals surface area contributed by atoms with Gasteiger partial charge in [-0.3, -0.25) is 4.79 Å². The van der Waals surface area contributed by atoms with Gasteiger partial charge in [-0.05, 0) is 29.8 Å². The van der Waals surface area contributed by atoms with Gasteiger partial charge in [-0.15, -0.1) is 0 Å². The maximum atomic E-state index is 10.7. The summed E-state index contributed by atoms with van der Waals surface area (Å²) < 4.78 is 0. The molecule has 0 fully saturated rings. The maximum Gasteiger partial charge on any atom is 0.151 e. The number of hydrogen-bond donors (Lipinski definition) is 0. The zero-order valence-electron chi connectivity index (χ0n) is 8.88. The van der Waals surface area contributed by atoms with E-state index in [4.69, 9.17) is 46.4 Å². The van der Waals surface area contributed by atoms with E-state index in [1.165, 1.54) is 0 Å². The highest BCUT2D eigenvalue weighted by Gasteiger charge is 2.11. The predicted molar refractivity (Wildman–Crippen MR) is 77.3 cm³/mol. The highest BCUT2D eigenvalue weighted by Crippen LogP contribution is 2.38. The predicted octanol–water partition coefficient (Wildman–Crippen LogP) is 5.78. The van der Waals surface area contributed by atoms with Gasteiger partial charge >= 0.3 is 0 Å². The Hall–Kier alpha value is -0.730. The molecule has 18 heavy (non-hydrogen) atoms. The van der Waals surface area contributed by atoms with Crippen LogP contribution in [0.2, 0.25) is 20.1 Å². The summed E-state index contributed by atoms with van der Waals surface area (Å²) in [7, 11) is 0. The first kappa shape index (κ1) is 13.7. The lowest BCUT2D eigenvalue weighted by atomic mass is 10.0. The molecule has 0 aliphatic rings. The van der Waals surface area contributed by atoms with E-state index < -0.39 is 0 Å². The summed E-state index contributed by atoms with van der Waals surface area (Å²) in [5, 5.41) is 1.68. The minimum Gasteiger partial charge on any atom is -0.298 e. The van der Waals surface area contributed by atoms with Crippen LogP contribution in [0.3, 0.4) is 0 Å². The molecule has 0 saturated heterocycles. The second kappa shape index (κ2) is 5.50. The minimum absolute atomic E-state index is 0.351. The molecule has 0 heterocycles. The Kier molecular flexibility index (Phi) is 4.18. The minimum atomic E-state index is 0.351. The summed E-state index contributed by atoms with van der Waals surface area (Å²) in [4.78, 5) is 10.7. The Balaban J connectivity index is 2.62. The lowest BCUT2D eigenvalue weighted by Gasteiger charge is -2.09. The second-order valence-electron chi connectivity index (χ2n) is 3.60. The normalized spacial score (nSPS) is 10.4. The topological polar surface area (TPSA) is 17.1 Å². The third kappa shape index (κ3) is 2.65. The van der Waals surface area contributed by atoms with Crippen LogP contribution in [0, 0.1) is 0 Å². The molecule has 2 aromatic carbocycles. The molecule has 0 N–H and O–H groups in total. The van der Waals surface area contributed by atoms with Crippen LogP contribution in [0.15, 0.2) is 30.3 Å². The molecule has 92 valence electrons. The van der Waals surface area contributed by atoms with Crippen LogP contribution in [0.4, 0.5) is 0 Å². The van der Waals surface area contributed by atoms with Crippen LogP contribution in [0.5, 0.6) is 0 Å². The first-order valence-electron chi connectivity index (χ1n) is 4.92. The fourth-order valence-corrected chi connectivity index (χ4v) is 2.86. The van der Waals surface area contributed by atoms with Crippen LogP contribution in [0.25, 0.3) is 11.1 Å². The van der Waals surface area contributed by atoms with Gasteiger partial charge in [0.1, 0.15) is 0 Å². The molecular weight excluding hydrogens is 314 g/mol. The SMILES string of the molecule is O=Cc1ccc(-c2c(Cl)cc(Cl)cc2Cl)cc1Cl. The van der Waals surface area contributed by atoms with Crippen molar-refractivity contribution in [3.63, 3.8) is 0 Å². The third-order valence-electron chi connectivity index (χ3n) is 2.42. The Bertz CT molecular complexity index is 599. The van der Waals surface area contributed by atoms with E-state index in [1.54, 1.807) is 30.3 Å². The van der Waals surface area contributed by atoms with Crippen LogP contribution in [0.1, 0.15) is 10.4 Å². The standard InChI is InChI=1S/C13H6Cl4O/c14-9-4-11(16)13(12(17)5-9)7-1-2-8(6-18)10(15)3-7/h1-6H. The van der Waals surface area contributed by atoms with Crippen molar-refractivity contribution in [1.82, 2.24) is 0 Å². The van der Waals surface area contributed by atoms with Gasteiger partial charge in [0.25, 0.3) is 0 Å². The number of benzene rings is 2. The Morgan fingerprint density at radius 2 is 1.44 bits per heavy atom. The second-order valence-corrected chi connectivity index (χ2v) is 5.26. The van der Waals surface area contributed by atoms with Crippen molar-refractivity contribution in [1.29, 1.82) is 0 Å². The summed E-state index contributed by atoms with van der Waals surface area (Å²) >= 11 is 24.0. The van der Waals surface area contributed by atoms with Gasteiger partial charge in [0.15, 0.2) is 6.29 Å². The van der Waals surface area contributed by atoms with E-state index in [-0.39, 0.29) is 0 Å². The lowest BCUT2D eigenvalue weighted by Crippen LogP contribution is -1.86. The largest absolute Gasteiger partial charge is 0.298 e. The summed E-state index contributed by atoms with van der Waals surface area (Å²) in [5.74, 6) is 0. The Labute approximate surface area is 124 Å². The summed E-state index contributed by atoms with van der Waals surface area (Å²) in [6, 6.07) is 8.20. The molecule has 0 bridgehead atoms. The van der Waals surface area contributed by atoms with E-state index >= 15 is 0 Å². The van der Waals surface area contributed by atoms with Gasteiger partial charge in [-0.2, -0.15) is 0 Å². The summed E-state index contributed by atoms with van der Waals surface area (Å²) in [6.45, 7) is 0. The van der Waals surface area contributed by atoms with E-state index in [9.17, 15) is 4.79 Å². The van der Waals surface area contributed by atoms with Crippen molar-refractivity contribution >= 4 is 52.7 Å². The average molecular weight is 320 g/mol. The smallest absolute Gasteiger partial charge is 0.151 e. The molecule has 2 aromatic rings. The zero-order valence-corrected chi connectivity index (χ0v) is 11.9. The van der Waals surface area contributed by atoms with Gasteiger partial charge in [0.05, 0.1) is 15.1 Å². The van der Waals surface area contributed by atoms with E-state index in [1.807, 2.05) is 0 Å². The van der Waals surface area contributed by atoms with Crippen molar-refractivity contribution in [3.05, 3.63) is 56.0 Å². The molecule has 0 unspecified atom stereocenters. The van der Waals surface area contributed by atoms with Gasteiger partial charge < -0.3 is 0 Å². The van der Waals surface area contributed by atoms with Crippen LogP contribution in [-0.4, -0.2) is 6.29 Å². The number of aldehydes is 1. The lowest BCUT2D eigenvalue weighted by molar-refractivity contribution is 0.112. The zero-order chi connectivity index (χ0) is 13.3. The summed E-state index contributed by atoms with van der Waals surface area (Å²) in [6.07, 6.45) is 0.692. The number of carbonyl (C=O) groups is 1. The molecule has 0 spiro atoms. The van der Waals surface area contributed by atoms with E-state index in [0.29, 0.717) is 37.5 Å².